The summed E-state index contributed by atoms with van der Waals surface area (Å²) in [6, 6.07) is 10.1. The molecule has 0 atom stereocenters. The number of rotatable bonds is 3. The van der Waals surface area contributed by atoms with Gasteiger partial charge in [0.25, 0.3) is 0 Å². The van der Waals surface area contributed by atoms with Crippen molar-refractivity contribution in [3.05, 3.63) is 59.4 Å². The number of nitrogens with one attached hydrogen (secondary N) is 2. The van der Waals surface area contributed by atoms with Crippen LogP contribution >= 0.6 is 12.2 Å². The van der Waals surface area contributed by atoms with Crippen molar-refractivity contribution >= 4 is 23.0 Å². The molecule has 1 aromatic carbocycles. The van der Waals surface area contributed by atoms with Gasteiger partial charge in [-0.1, -0.05) is 12.1 Å². The Hall–Kier alpha value is -1.94. The fourth-order valence-electron chi connectivity index (χ4n) is 1.68. The summed E-state index contributed by atoms with van der Waals surface area (Å²) >= 11 is 5.27. The van der Waals surface area contributed by atoms with Crippen LogP contribution in [-0.4, -0.2) is 10.1 Å². The predicted octanol–water partition coefficient (Wildman–Crippen LogP) is 3.19. The van der Waals surface area contributed by atoms with Gasteiger partial charge in [0, 0.05) is 24.6 Å². The molecule has 0 fully saturated rings. The number of benzene rings is 1. The molecule has 0 spiro atoms. The molecule has 0 aliphatic heterocycles. The third kappa shape index (κ3) is 4.03. The number of thiocarbonyl (C=S) groups is 1. The van der Waals surface area contributed by atoms with Gasteiger partial charge >= 0.3 is 0 Å². The molecule has 1 heterocycles. The molecule has 0 saturated heterocycles. The van der Waals surface area contributed by atoms with E-state index in [-0.39, 0.29) is 0 Å². The molecule has 4 heteroatoms. The summed E-state index contributed by atoms with van der Waals surface area (Å²) in [5.41, 5.74) is 4.64. The van der Waals surface area contributed by atoms with Gasteiger partial charge in [0.1, 0.15) is 0 Å². The first-order valence-corrected chi connectivity index (χ1v) is 6.57. The summed E-state index contributed by atoms with van der Waals surface area (Å²) in [6.45, 7) is 4.86. The van der Waals surface area contributed by atoms with Crippen molar-refractivity contribution in [1.29, 1.82) is 0 Å². The van der Waals surface area contributed by atoms with E-state index in [4.69, 9.17) is 12.2 Å². The molecule has 2 N–H and O–H groups in total. The second kappa shape index (κ2) is 6.29. The molecule has 2 aromatic rings. The van der Waals surface area contributed by atoms with Gasteiger partial charge in [0.05, 0.1) is 0 Å². The standard InChI is InChI=1S/C15H17N3S/c1-11-5-6-14(8-12(11)2)18-15(19)17-10-13-4-3-7-16-9-13/h3-9H,10H2,1-2H3,(H2,17,18,19). The average molecular weight is 271 g/mol. The number of nitrogens with zero attached hydrogens (tertiary/aromatic N) is 1. The zero-order valence-electron chi connectivity index (χ0n) is 11.1. The number of anilines is 1. The zero-order chi connectivity index (χ0) is 13.7. The van der Waals surface area contributed by atoms with Crippen LogP contribution in [0.2, 0.25) is 0 Å². The second-order valence-corrected chi connectivity index (χ2v) is 4.88. The van der Waals surface area contributed by atoms with Gasteiger partial charge in [-0.25, -0.2) is 0 Å². The summed E-state index contributed by atoms with van der Waals surface area (Å²) in [6.07, 6.45) is 3.58. The number of hydrogen-bond acceptors (Lipinski definition) is 2. The van der Waals surface area contributed by atoms with E-state index in [1.807, 2.05) is 24.4 Å². The Labute approximate surface area is 119 Å². The number of aromatic nitrogens is 1. The van der Waals surface area contributed by atoms with Crippen molar-refractivity contribution in [3.63, 3.8) is 0 Å². The Morgan fingerprint density at radius 3 is 2.74 bits per heavy atom. The van der Waals surface area contributed by atoms with Gasteiger partial charge in [-0.15, -0.1) is 0 Å². The molecule has 0 amide bonds. The fourth-order valence-corrected chi connectivity index (χ4v) is 1.87. The average Bonchev–Trinajstić information content (AvgIpc) is 2.42. The Kier molecular flexibility index (Phi) is 4.47. The molecule has 0 unspecified atom stereocenters. The van der Waals surface area contributed by atoms with Crippen LogP contribution in [0.4, 0.5) is 5.69 Å². The normalized spacial score (nSPS) is 10.0. The van der Waals surface area contributed by atoms with E-state index in [0.717, 1.165) is 11.3 Å². The van der Waals surface area contributed by atoms with Crippen molar-refractivity contribution in [3.8, 4) is 0 Å². The summed E-state index contributed by atoms with van der Waals surface area (Å²) in [5, 5.41) is 6.96. The Balaban J connectivity index is 1.89. The van der Waals surface area contributed by atoms with Crippen molar-refractivity contribution in [2.24, 2.45) is 0 Å². The quantitative estimate of drug-likeness (QED) is 0.841. The van der Waals surface area contributed by atoms with E-state index >= 15 is 0 Å². The smallest absolute Gasteiger partial charge is 0.171 e. The van der Waals surface area contributed by atoms with Crippen molar-refractivity contribution in [1.82, 2.24) is 10.3 Å². The van der Waals surface area contributed by atoms with E-state index in [9.17, 15) is 0 Å². The van der Waals surface area contributed by atoms with Crippen LogP contribution in [0.25, 0.3) is 0 Å². The van der Waals surface area contributed by atoms with Crippen LogP contribution in [-0.2, 0) is 6.54 Å². The lowest BCUT2D eigenvalue weighted by Gasteiger charge is -2.11. The SMILES string of the molecule is Cc1ccc(NC(=S)NCc2cccnc2)cc1C. The van der Waals surface area contributed by atoms with Gasteiger partial charge in [-0.2, -0.15) is 0 Å². The molecule has 0 aliphatic carbocycles. The molecule has 0 radical (unpaired) electrons. The van der Waals surface area contributed by atoms with Crippen molar-refractivity contribution in [2.75, 3.05) is 5.32 Å². The summed E-state index contributed by atoms with van der Waals surface area (Å²) < 4.78 is 0. The lowest BCUT2D eigenvalue weighted by Crippen LogP contribution is -2.27. The summed E-state index contributed by atoms with van der Waals surface area (Å²) in [4.78, 5) is 4.06. The van der Waals surface area contributed by atoms with Gasteiger partial charge in [0.2, 0.25) is 0 Å². The predicted molar refractivity (Wildman–Crippen MR) is 83.2 cm³/mol. The van der Waals surface area contributed by atoms with Crippen LogP contribution in [0.3, 0.4) is 0 Å². The third-order valence-electron chi connectivity index (χ3n) is 2.94. The second-order valence-electron chi connectivity index (χ2n) is 4.47. The molecule has 19 heavy (non-hydrogen) atoms. The first-order valence-electron chi connectivity index (χ1n) is 6.16. The number of aryl methyl sites for hydroxylation is 2. The molecule has 3 nitrogen and oxygen atoms in total. The maximum absolute atomic E-state index is 5.27. The number of hydrogen-bond donors (Lipinski definition) is 2. The molecule has 0 aliphatic rings. The molecule has 0 bridgehead atoms. The monoisotopic (exact) mass is 271 g/mol. The maximum Gasteiger partial charge on any atom is 0.171 e. The van der Waals surface area contributed by atoms with E-state index in [0.29, 0.717) is 11.7 Å². The summed E-state index contributed by atoms with van der Waals surface area (Å²) in [7, 11) is 0. The first-order chi connectivity index (χ1) is 9.15. The molecular formula is C15H17N3S. The summed E-state index contributed by atoms with van der Waals surface area (Å²) in [5.74, 6) is 0. The molecule has 98 valence electrons. The Morgan fingerprint density at radius 1 is 1.21 bits per heavy atom. The Morgan fingerprint density at radius 2 is 2.05 bits per heavy atom. The third-order valence-corrected chi connectivity index (χ3v) is 3.19. The fraction of sp³-hybridized carbons (Fsp3) is 0.200. The van der Waals surface area contributed by atoms with Crippen LogP contribution in [0.15, 0.2) is 42.7 Å². The number of pyridine rings is 1. The highest BCUT2D eigenvalue weighted by Gasteiger charge is 2.00. The first kappa shape index (κ1) is 13.5. The minimum absolute atomic E-state index is 0.618. The van der Waals surface area contributed by atoms with Gasteiger partial charge < -0.3 is 10.6 Å². The highest BCUT2D eigenvalue weighted by molar-refractivity contribution is 7.80. The highest BCUT2D eigenvalue weighted by Crippen LogP contribution is 2.13. The minimum Gasteiger partial charge on any atom is -0.358 e. The van der Waals surface area contributed by atoms with Gasteiger partial charge in [-0.05, 0) is 61.0 Å². The minimum atomic E-state index is 0.618. The highest BCUT2D eigenvalue weighted by atomic mass is 32.1. The van der Waals surface area contributed by atoms with Crippen LogP contribution in [0, 0.1) is 13.8 Å². The van der Waals surface area contributed by atoms with Crippen LogP contribution in [0.1, 0.15) is 16.7 Å². The van der Waals surface area contributed by atoms with E-state index in [2.05, 4.69) is 41.6 Å². The van der Waals surface area contributed by atoms with E-state index in [1.54, 1.807) is 6.20 Å². The molecule has 2 rings (SSSR count). The largest absolute Gasteiger partial charge is 0.358 e. The van der Waals surface area contributed by atoms with E-state index < -0.39 is 0 Å². The van der Waals surface area contributed by atoms with Gasteiger partial charge in [-0.3, -0.25) is 4.98 Å². The maximum atomic E-state index is 5.27. The van der Waals surface area contributed by atoms with E-state index in [1.165, 1.54) is 11.1 Å². The topological polar surface area (TPSA) is 37.0 Å². The lowest BCUT2D eigenvalue weighted by atomic mass is 10.1. The molecule has 0 saturated carbocycles. The molecule has 1 aromatic heterocycles. The van der Waals surface area contributed by atoms with Crippen LogP contribution in [0.5, 0.6) is 0 Å². The molecular weight excluding hydrogens is 254 g/mol. The zero-order valence-corrected chi connectivity index (χ0v) is 11.9. The van der Waals surface area contributed by atoms with Crippen molar-refractivity contribution in [2.45, 2.75) is 20.4 Å². The van der Waals surface area contributed by atoms with Gasteiger partial charge in [0.15, 0.2) is 5.11 Å². The Bertz CT molecular complexity index is 567. The lowest BCUT2D eigenvalue weighted by molar-refractivity contribution is 0.916. The van der Waals surface area contributed by atoms with Crippen molar-refractivity contribution < 1.29 is 0 Å². The van der Waals surface area contributed by atoms with Crippen LogP contribution < -0.4 is 10.6 Å².